The Morgan fingerprint density at radius 2 is 2.10 bits per heavy atom. The number of anilines is 1. The minimum Gasteiger partial charge on any atom is -0.396 e. The number of carbonyl (C=O) groups is 1. The van der Waals surface area contributed by atoms with Gasteiger partial charge in [-0.05, 0) is 30.5 Å². The summed E-state index contributed by atoms with van der Waals surface area (Å²) < 4.78 is 24.6. The van der Waals surface area contributed by atoms with E-state index in [1.165, 1.54) is 6.07 Å². The first-order valence-corrected chi connectivity index (χ1v) is 7.53. The van der Waals surface area contributed by atoms with E-state index in [0.717, 1.165) is 0 Å². The third-order valence-corrected chi connectivity index (χ3v) is 3.58. The molecule has 0 heterocycles. The predicted molar refractivity (Wildman–Crippen MR) is 80.8 cm³/mol. The minimum atomic E-state index is -2.50. The van der Waals surface area contributed by atoms with Crippen LogP contribution in [0.2, 0.25) is 0 Å². The van der Waals surface area contributed by atoms with Gasteiger partial charge in [0, 0.05) is 23.2 Å². The molecule has 7 heteroatoms. The summed E-state index contributed by atoms with van der Waals surface area (Å²) in [5.74, 6) is -2.31. The molecular formula is C14H20F2N2O2S. The number of alkyl halides is 2. The van der Waals surface area contributed by atoms with Crippen molar-refractivity contribution in [3.05, 3.63) is 24.3 Å². The van der Waals surface area contributed by atoms with Gasteiger partial charge in [0.15, 0.2) is 0 Å². The summed E-state index contributed by atoms with van der Waals surface area (Å²) in [6.07, 6.45) is 0.465. The molecule has 0 aliphatic carbocycles. The Labute approximate surface area is 127 Å². The summed E-state index contributed by atoms with van der Waals surface area (Å²) in [5.41, 5.74) is 0.449. The minimum absolute atomic E-state index is 0.0103. The summed E-state index contributed by atoms with van der Waals surface area (Å²) in [6.45, 7) is 3.88. The topological polar surface area (TPSA) is 61.4 Å². The summed E-state index contributed by atoms with van der Waals surface area (Å²) in [6, 6.07) is 5.73. The highest BCUT2D eigenvalue weighted by Gasteiger charge is 2.15. The average Bonchev–Trinajstić information content (AvgIpc) is 2.37. The molecule has 4 nitrogen and oxygen atoms in total. The van der Waals surface area contributed by atoms with Crippen LogP contribution in [0.4, 0.5) is 19.3 Å². The highest BCUT2D eigenvalue weighted by molar-refractivity contribution is 7.99. The molecule has 0 aromatic heterocycles. The Kier molecular flexibility index (Phi) is 7.45. The fourth-order valence-corrected chi connectivity index (χ4v) is 2.35. The zero-order valence-corrected chi connectivity index (χ0v) is 12.8. The van der Waals surface area contributed by atoms with E-state index in [-0.39, 0.29) is 18.6 Å². The molecule has 21 heavy (non-hydrogen) atoms. The summed E-state index contributed by atoms with van der Waals surface area (Å²) in [5, 5.41) is 14.3. The van der Waals surface area contributed by atoms with Gasteiger partial charge in [0.25, 0.3) is 5.76 Å². The third kappa shape index (κ3) is 6.77. The number of rotatable bonds is 7. The van der Waals surface area contributed by atoms with Crippen LogP contribution in [0, 0.1) is 5.92 Å². The van der Waals surface area contributed by atoms with Gasteiger partial charge in [-0.1, -0.05) is 31.7 Å². The highest BCUT2D eigenvalue weighted by atomic mass is 32.2. The molecule has 1 aromatic carbocycles. The van der Waals surface area contributed by atoms with Crippen molar-refractivity contribution in [2.75, 3.05) is 11.9 Å². The second-order valence-corrected chi connectivity index (χ2v) is 5.93. The number of nitrogens with one attached hydrogen (secondary N) is 2. The molecule has 0 saturated heterocycles. The van der Waals surface area contributed by atoms with Gasteiger partial charge in [-0.25, -0.2) is 4.79 Å². The van der Waals surface area contributed by atoms with E-state index >= 15 is 0 Å². The second-order valence-electron chi connectivity index (χ2n) is 4.87. The Morgan fingerprint density at radius 3 is 2.67 bits per heavy atom. The first kappa shape index (κ1) is 17.7. The molecule has 0 bridgehead atoms. The number of thioether (sulfide) groups is 1. The van der Waals surface area contributed by atoms with Gasteiger partial charge in [0.05, 0.1) is 0 Å². The number of amides is 2. The second kappa shape index (κ2) is 8.84. The van der Waals surface area contributed by atoms with Gasteiger partial charge < -0.3 is 15.7 Å². The predicted octanol–water partition coefficient (Wildman–Crippen LogP) is 3.53. The Bertz CT molecular complexity index is 458. The van der Waals surface area contributed by atoms with E-state index in [1.54, 1.807) is 18.2 Å². The summed E-state index contributed by atoms with van der Waals surface area (Å²) in [7, 11) is 0. The number of benzene rings is 1. The lowest BCUT2D eigenvalue weighted by Crippen LogP contribution is -2.41. The van der Waals surface area contributed by atoms with Crippen LogP contribution in [0.15, 0.2) is 29.2 Å². The largest absolute Gasteiger partial charge is 0.396 e. The Morgan fingerprint density at radius 1 is 1.38 bits per heavy atom. The number of aliphatic hydroxyl groups excluding tert-OH is 1. The van der Waals surface area contributed by atoms with E-state index in [2.05, 4.69) is 10.6 Å². The lowest BCUT2D eigenvalue weighted by Gasteiger charge is -2.21. The molecule has 1 atom stereocenters. The number of carbonyl (C=O) groups excluding carboxylic acids is 1. The molecule has 0 aliphatic heterocycles. The van der Waals surface area contributed by atoms with Crippen molar-refractivity contribution >= 4 is 23.5 Å². The molecular weight excluding hydrogens is 298 g/mol. The van der Waals surface area contributed by atoms with Gasteiger partial charge in [-0.3, -0.25) is 0 Å². The van der Waals surface area contributed by atoms with Crippen LogP contribution < -0.4 is 10.6 Å². The SMILES string of the molecule is CC(C)C(CCO)NC(=O)Nc1cccc(SC(F)F)c1. The monoisotopic (exact) mass is 318 g/mol. The van der Waals surface area contributed by atoms with Crippen molar-refractivity contribution in [1.82, 2.24) is 5.32 Å². The standard InChI is InChI=1S/C14H20F2N2O2S/c1-9(2)12(6-7-19)18-14(20)17-10-4-3-5-11(8-10)21-13(15)16/h3-5,8-9,12-13,19H,6-7H2,1-2H3,(H2,17,18,20). The van der Waals surface area contributed by atoms with Gasteiger partial charge in [0.2, 0.25) is 0 Å². The van der Waals surface area contributed by atoms with Crippen molar-refractivity contribution in [3.8, 4) is 0 Å². The fraction of sp³-hybridized carbons (Fsp3) is 0.500. The molecule has 1 unspecified atom stereocenters. The van der Waals surface area contributed by atoms with Crippen molar-refractivity contribution in [2.45, 2.75) is 37.0 Å². The van der Waals surface area contributed by atoms with Gasteiger partial charge in [-0.2, -0.15) is 8.78 Å². The average molecular weight is 318 g/mol. The van der Waals surface area contributed by atoms with Crippen LogP contribution in [0.1, 0.15) is 20.3 Å². The smallest absolute Gasteiger partial charge is 0.319 e. The molecule has 0 radical (unpaired) electrons. The Balaban J connectivity index is 2.61. The van der Waals surface area contributed by atoms with Crippen LogP contribution in [0.5, 0.6) is 0 Å². The molecule has 118 valence electrons. The van der Waals surface area contributed by atoms with Gasteiger partial charge in [-0.15, -0.1) is 0 Å². The summed E-state index contributed by atoms with van der Waals surface area (Å²) >= 11 is 0.429. The van der Waals surface area contributed by atoms with Crippen molar-refractivity contribution < 1.29 is 18.7 Å². The van der Waals surface area contributed by atoms with Crippen LogP contribution >= 0.6 is 11.8 Å². The lowest BCUT2D eigenvalue weighted by atomic mass is 10.0. The van der Waals surface area contributed by atoms with Crippen LogP contribution in [-0.4, -0.2) is 29.5 Å². The van der Waals surface area contributed by atoms with E-state index in [0.29, 0.717) is 28.8 Å². The van der Waals surface area contributed by atoms with Crippen LogP contribution in [0.25, 0.3) is 0 Å². The molecule has 3 N–H and O–H groups in total. The fourth-order valence-electron chi connectivity index (χ4n) is 1.80. The number of urea groups is 1. The van der Waals surface area contributed by atoms with Gasteiger partial charge in [0.1, 0.15) is 0 Å². The van der Waals surface area contributed by atoms with E-state index in [9.17, 15) is 13.6 Å². The normalized spacial score (nSPS) is 12.5. The number of hydrogen-bond donors (Lipinski definition) is 3. The molecule has 0 aliphatic rings. The molecule has 1 aromatic rings. The first-order chi connectivity index (χ1) is 9.92. The van der Waals surface area contributed by atoms with Crippen molar-refractivity contribution in [3.63, 3.8) is 0 Å². The maximum absolute atomic E-state index is 12.3. The zero-order valence-electron chi connectivity index (χ0n) is 12.0. The van der Waals surface area contributed by atoms with E-state index in [1.807, 2.05) is 13.8 Å². The third-order valence-electron chi connectivity index (χ3n) is 2.88. The molecule has 2 amide bonds. The van der Waals surface area contributed by atoms with E-state index in [4.69, 9.17) is 5.11 Å². The number of aliphatic hydroxyl groups is 1. The molecule has 0 fully saturated rings. The van der Waals surface area contributed by atoms with Crippen molar-refractivity contribution in [1.29, 1.82) is 0 Å². The maximum Gasteiger partial charge on any atom is 0.319 e. The Hall–Kier alpha value is -1.34. The molecule has 1 rings (SSSR count). The van der Waals surface area contributed by atoms with Crippen molar-refractivity contribution in [2.24, 2.45) is 5.92 Å². The number of halogens is 2. The first-order valence-electron chi connectivity index (χ1n) is 6.65. The van der Waals surface area contributed by atoms with Gasteiger partial charge >= 0.3 is 6.03 Å². The summed E-state index contributed by atoms with van der Waals surface area (Å²) in [4.78, 5) is 12.3. The highest BCUT2D eigenvalue weighted by Crippen LogP contribution is 2.27. The van der Waals surface area contributed by atoms with E-state index < -0.39 is 11.8 Å². The van der Waals surface area contributed by atoms with Crippen LogP contribution in [-0.2, 0) is 0 Å². The number of hydrogen-bond acceptors (Lipinski definition) is 3. The quantitative estimate of drug-likeness (QED) is 0.674. The maximum atomic E-state index is 12.3. The lowest BCUT2D eigenvalue weighted by molar-refractivity contribution is 0.227. The zero-order chi connectivity index (χ0) is 15.8. The molecule has 0 spiro atoms. The molecule has 0 saturated carbocycles. The van der Waals surface area contributed by atoms with Crippen LogP contribution in [0.3, 0.4) is 0 Å².